The van der Waals surface area contributed by atoms with E-state index in [1.54, 1.807) is 41.3 Å². The summed E-state index contributed by atoms with van der Waals surface area (Å²) in [5.74, 6) is 0.252. The molecule has 0 atom stereocenters. The molecule has 5 rings (SSSR count). The number of ether oxygens (including phenoxy) is 2. The fourth-order valence-corrected chi connectivity index (χ4v) is 4.37. The maximum atomic E-state index is 13.0. The number of amides is 3. The average molecular weight is 476 g/mol. The van der Waals surface area contributed by atoms with Crippen LogP contribution in [0.3, 0.4) is 0 Å². The predicted octanol–water partition coefficient (Wildman–Crippen LogP) is 3.28. The number of nitrogens with zero attached hydrogens (tertiary/aromatic N) is 3. The number of anilines is 1. The number of furan rings is 1. The van der Waals surface area contributed by atoms with E-state index in [0.29, 0.717) is 48.7 Å². The standard InChI is InChI=1S/C26H25N3O6/c1-33-17-16-29-24(30)19-8-5-9-20(23(19)26(29)32)27-12-14-28(15-13-27)25(31)21-10-11-22(35-21)34-18-6-3-2-4-7-18/h2-11H,12-17H2,1H3. The Balaban J connectivity index is 1.25. The molecule has 9 heteroatoms. The van der Waals surface area contributed by atoms with Crippen LogP contribution in [-0.4, -0.2) is 74.0 Å². The van der Waals surface area contributed by atoms with Gasteiger partial charge in [0, 0.05) is 39.4 Å². The summed E-state index contributed by atoms with van der Waals surface area (Å²) in [4.78, 5) is 43.7. The first-order valence-corrected chi connectivity index (χ1v) is 11.4. The highest BCUT2D eigenvalue weighted by Crippen LogP contribution is 2.32. The highest BCUT2D eigenvalue weighted by molar-refractivity contribution is 6.23. The number of para-hydroxylation sites is 1. The lowest BCUT2D eigenvalue weighted by Crippen LogP contribution is -2.49. The van der Waals surface area contributed by atoms with Crippen LogP contribution in [-0.2, 0) is 4.74 Å². The first-order valence-electron chi connectivity index (χ1n) is 11.4. The second-order valence-electron chi connectivity index (χ2n) is 8.27. The fourth-order valence-electron chi connectivity index (χ4n) is 4.37. The molecule has 0 radical (unpaired) electrons. The summed E-state index contributed by atoms with van der Waals surface area (Å²) in [7, 11) is 1.53. The summed E-state index contributed by atoms with van der Waals surface area (Å²) in [5.41, 5.74) is 1.54. The molecular formula is C26H25N3O6. The lowest BCUT2D eigenvalue weighted by molar-refractivity contribution is 0.0602. The number of imide groups is 1. The normalized spacial score (nSPS) is 15.5. The molecule has 0 unspecified atom stereocenters. The summed E-state index contributed by atoms with van der Waals surface area (Å²) < 4.78 is 16.3. The van der Waals surface area contributed by atoms with E-state index in [2.05, 4.69) is 0 Å². The van der Waals surface area contributed by atoms with Crippen molar-refractivity contribution >= 4 is 23.4 Å². The largest absolute Gasteiger partial charge is 0.426 e. The number of fused-ring (bicyclic) bond motifs is 1. The minimum absolute atomic E-state index is 0.208. The van der Waals surface area contributed by atoms with Crippen molar-refractivity contribution in [1.29, 1.82) is 0 Å². The smallest absolute Gasteiger partial charge is 0.290 e. The quantitative estimate of drug-likeness (QED) is 0.484. The summed E-state index contributed by atoms with van der Waals surface area (Å²) in [6.07, 6.45) is 0. The van der Waals surface area contributed by atoms with Crippen LogP contribution in [0.1, 0.15) is 31.3 Å². The van der Waals surface area contributed by atoms with Gasteiger partial charge >= 0.3 is 0 Å². The van der Waals surface area contributed by atoms with E-state index in [1.807, 2.05) is 29.2 Å². The molecule has 3 amide bonds. The van der Waals surface area contributed by atoms with Gasteiger partial charge < -0.3 is 23.7 Å². The molecular weight excluding hydrogens is 450 g/mol. The fraction of sp³-hybridized carbons (Fsp3) is 0.269. The van der Waals surface area contributed by atoms with Crippen molar-refractivity contribution in [3.05, 3.63) is 77.6 Å². The average Bonchev–Trinajstić information content (AvgIpc) is 3.45. The Bertz CT molecular complexity index is 1250. The summed E-state index contributed by atoms with van der Waals surface area (Å²) >= 11 is 0. The second-order valence-corrected chi connectivity index (χ2v) is 8.27. The van der Waals surface area contributed by atoms with E-state index in [-0.39, 0.29) is 42.6 Å². The van der Waals surface area contributed by atoms with Crippen molar-refractivity contribution in [3.63, 3.8) is 0 Å². The van der Waals surface area contributed by atoms with Crippen LogP contribution in [0.4, 0.5) is 5.69 Å². The van der Waals surface area contributed by atoms with E-state index in [0.717, 1.165) is 0 Å². The molecule has 35 heavy (non-hydrogen) atoms. The zero-order chi connectivity index (χ0) is 24.4. The second kappa shape index (κ2) is 9.63. The Morgan fingerprint density at radius 3 is 2.43 bits per heavy atom. The van der Waals surface area contributed by atoms with Crippen molar-refractivity contribution in [2.75, 3.05) is 51.3 Å². The molecule has 2 aliphatic heterocycles. The predicted molar refractivity (Wildman–Crippen MR) is 127 cm³/mol. The molecule has 1 fully saturated rings. The van der Waals surface area contributed by atoms with Gasteiger partial charge in [0.15, 0.2) is 5.76 Å². The first-order chi connectivity index (χ1) is 17.1. The van der Waals surface area contributed by atoms with E-state index >= 15 is 0 Å². The number of carbonyl (C=O) groups excluding carboxylic acids is 3. The molecule has 0 bridgehead atoms. The molecule has 1 aromatic heterocycles. The lowest BCUT2D eigenvalue weighted by Gasteiger charge is -2.36. The molecule has 2 aromatic carbocycles. The summed E-state index contributed by atoms with van der Waals surface area (Å²) in [6.45, 7) is 2.45. The molecule has 9 nitrogen and oxygen atoms in total. The SMILES string of the molecule is COCCN1C(=O)c2cccc(N3CCN(C(=O)c4ccc(Oc5ccccc5)o4)CC3)c2C1=O. The van der Waals surface area contributed by atoms with E-state index in [4.69, 9.17) is 13.9 Å². The van der Waals surface area contributed by atoms with Gasteiger partial charge in [-0.2, -0.15) is 0 Å². The van der Waals surface area contributed by atoms with E-state index in [9.17, 15) is 14.4 Å². The number of piperazine rings is 1. The Morgan fingerprint density at radius 2 is 1.69 bits per heavy atom. The third-order valence-electron chi connectivity index (χ3n) is 6.16. The van der Waals surface area contributed by atoms with Gasteiger partial charge in [-0.1, -0.05) is 24.3 Å². The van der Waals surface area contributed by atoms with Crippen LogP contribution in [0.5, 0.6) is 11.7 Å². The number of hydrogen-bond donors (Lipinski definition) is 0. The van der Waals surface area contributed by atoms with Gasteiger partial charge in [0.05, 0.1) is 30.0 Å². The third-order valence-corrected chi connectivity index (χ3v) is 6.16. The molecule has 3 aromatic rings. The Labute approximate surface area is 202 Å². The topological polar surface area (TPSA) is 92.5 Å². The summed E-state index contributed by atoms with van der Waals surface area (Å²) in [6, 6.07) is 17.7. The molecule has 3 heterocycles. The molecule has 0 spiro atoms. The van der Waals surface area contributed by atoms with Crippen LogP contribution >= 0.6 is 0 Å². The van der Waals surface area contributed by atoms with Crippen molar-refractivity contribution in [1.82, 2.24) is 9.80 Å². The molecule has 0 N–H and O–H groups in total. The monoisotopic (exact) mass is 475 g/mol. The molecule has 0 saturated carbocycles. The maximum absolute atomic E-state index is 13.0. The number of hydrogen-bond acceptors (Lipinski definition) is 7. The number of benzene rings is 2. The van der Waals surface area contributed by atoms with Gasteiger partial charge in [-0.25, -0.2) is 0 Å². The Kier molecular flexibility index (Phi) is 6.24. The van der Waals surface area contributed by atoms with Crippen LogP contribution in [0.15, 0.2) is 65.1 Å². The van der Waals surface area contributed by atoms with Crippen LogP contribution < -0.4 is 9.64 Å². The Morgan fingerprint density at radius 1 is 0.914 bits per heavy atom. The molecule has 180 valence electrons. The highest BCUT2D eigenvalue weighted by Gasteiger charge is 2.38. The van der Waals surface area contributed by atoms with Gasteiger partial charge in [-0.3, -0.25) is 19.3 Å². The molecule has 2 aliphatic rings. The van der Waals surface area contributed by atoms with Gasteiger partial charge in [-0.05, 0) is 30.3 Å². The zero-order valence-electron chi connectivity index (χ0n) is 19.3. The number of rotatable bonds is 7. The van der Waals surface area contributed by atoms with Crippen molar-refractivity contribution in [2.24, 2.45) is 0 Å². The van der Waals surface area contributed by atoms with Gasteiger partial charge in [0.2, 0.25) is 0 Å². The highest BCUT2D eigenvalue weighted by atomic mass is 16.6. The summed E-state index contributed by atoms with van der Waals surface area (Å²) in [5, 5.41) is 0. The van der Waals surface area contributed by atoms with Gasteiger partial charge in [0.1, 0.15) is 5.75 Å². The number of methoxy groups -OCH3 is 1. The molecule has 0 aliphatic carbocycles. The van der Waals surface area contributed by atoms with Crippen molar-refractivity contribution < 1.29 is 28.3 Å². The van der Waals surface area contributed by atoms with E-state index < -0.39 is 0 Å². The van der Waals surface area contributed by atoms with Gasteiger partial charge in [-0.15, -0.1) is 0 Å². The maximum Gasteiger partial charge on any atom is 0.290 e. The van der Waals surface area contributed by atoms with Crippen LogP contribution in [0, 0.1) is 0 Å². The first kappa shape index (κ1) is 22.7. The van der Waals surface area contributed by atoms with Crippen molar-refractivity contribution in [3.8, 4) is 11.7 Å². The Hall–Kier alpha value is -4.11. The lowest BCUT2D eigenvalue weighted by atomic mass is 10.1. The van der Waals surface area contributed by atoms with Gasteiger partial charge in [0.25, 0.3) is 23.7 Å². The van der Waals surface area contributed by atoms with E-state index in [1.165, 1.54) is 12.0 Å². The van der Waals surface area contributed by atoms with Crippen molar-refractivity contribution in [2.45, 2.75) is 0 Å². The third kappa shape index (κ3) is 4.38. The zero-order valence-corrected chi connectivity index (χ0v) is 19.3. The van der Waals surface area contributed by atoms with Crippen LogP contribution in [0.25, 0.3) is 0 Å². The van der Waals surface area contributed by atoms with Crippen LogP contribution in [0.2, 0.25) is 0 Å². The minimum Gasteiger partial charge on any atom is -0.426 e. The molecule has 1 saturated heterocycles. The minimum atomic E-state index is -0.308. The number of carbonyl (C=O) groups is 3.